The number of nitrogens with zero attached hydrogens (tertiary/aromatic N) is 1. The number of anilines is 1. The Hall–Kier alpha value is -1.42. The van der Waals surface area contributed by atoms with Gasteiger partial charge in [-0.1, -0.05) is 0 Å². The molecule has 0 spiro atoms. The van der Waals surface area contributed by atoms with Crippen LogP contribution >= 0.6 is 0 Å². The summed E-state index contributed by atoms with van der Waals surface area (Å²) < 4.78 is 18.9. The van der Waals surface area contributed by atoms with Gasteiger partial charge in [0.15, 0.2) is 5.78 Å². The molecule has 3 nitrogen and oxygen atoms in total. The molecular weight excluding hydrogens is 245 g/mol. The number of ether oxygens (including phenoxy) is 1. The molecule has 0 aromatic heterocycles. The lowest BCUT2D eigenvalue weighted by atomic mass is 10.0. The van der Waals surface area contributed by atoms with Crippen LogP contribution in [0.1, 0.15) is 37.0 Å². The van der Waals surface area contributed by atoms with Crippen molar-refractivity contribution >= 4 is 11.5 Å². The second kappa shape index (κ2) is 6.15. The Bertz CT molecular complexity index is 453. The van der Waals surface area contributed by atoms with Gasteiger partial charge in [-0.2, -0.15) is 0 Å². The zero-order chi connectivity index (χ0) is 13.8. The highest BCUT2D eigenvalue weighted by Gasteiger charge is 2.22. The first-order chi connectivity index (χ1) is 9.11. The fraction of sp³-hybridized carbons (Fsp3) is 0.533. The van der Waals surface area contributed by atoms with E-state index in [2.05, 4.69) is 4.90 Å². The molecule has 1 aliphatic rings. The van der Waals surface area contributed by atoms with Crippen molar-refractivity contribution in [1.29, 1.82) is 0 Å². The number of hydrogen-bond donors (Lipinski definition) is 0. The number of benzene rings is 1. The summed E-state index contributed by atoms with van der Waals surface area (Å²) in [5.41, 5.74) is 1.30. The summed E-state index contributed by atoms with van der Waals surface area (Å²) in [6.07, 6.45) is 2.20. The molecule has 0 N–H and O–H groups in total. The third-order valence-corrected chi connectivity index (χ3v) is 3.52. The molecule has 1 aromatic carbocycles. The lowest BCUT2D eigenvalue weighted by molar-refractivity contribution is 0.0459. The minimum absolute atomic E-state index is 0.0959. The minimum Gasteiger partial charge on any atom is -0.378 e. The Morgan fingerprint density at radius 2 is 2.11 bits per heavy atom. The summed E-state index contributed by atoms with van der Waals surface area (Å²) in [7, 11) is 0. The largest absolute Gasteiger partial charge is 0.378 e. The second-order valence-corrected chi connectivity index (χ2v) is 4.86. The Morgan fingerprint density at radius 1 is 1.42 bits per heavy atom. The Kier molecular flexibility index (Phi) is 4.53. The van der Waals surface area contributed by atoms with Gasteiger partial charge in [0.05, 0.1) is 6.10 Å². The van der Waals surface area contributed by atoms with E-state index in [-0.39, 0.29) is 11.6 Å². The number of piperidine rings is 1. The summed E-state index contributed by atoms with van der Waals surface area (Å²) in [6.45, 7) is 5.90. The Balaban J connectivity index is 2.13. The van der Waals surface area contributed by atoms with Gasteiger partial charge in [-0.05, 0) is 44.9 Å². The molecule has 0 saturated carbocycles. The molecule has 19 heavy (non-hydrogen) atoms. The van der Waals surface area contributed by atoms with Crippen LogP contribution in [0, 0.1) is 5.82 Å². The molecule has 104 valence electrons. The summed E-state index contributed by atoms with van der Waals surface area (Å²) in [4.78, 5) is 13.8. The van der Waals surface area contributed by atoms with Crippen LogP contribution in [0.3, 0.4) is 0 Å². The Morgan fingerprint density at radius 3 is 2.68 bits per heavy atom. The van der Waals surface area contributed by atoms with Crippen molar-refractivity contribution in [3.8, 4) is 0 Å². The molecule has 1 aliphatic heterocycles. The first-order valence-corrected chi connectivity index (χ1v) is 6.79. The predicted molar refractivity (Wildman–Crippen MR) is 73.3 cm³/mol. The molecule has 2 rings (SSSR count). The smallest absolute Gasteiger partial charge is 0.161 e. The highest BCUT2D eigenvalue weighted by Crippen LogP contribution is 2.26. The van der Waals surface area contributed by atoms with Crippen molar-refractivity contribution in [3.05, 3.63) is 29.6 Å². The van der Waals surface area contributed by atoms with E-state index < -0.39 is 0 Å². The molecule has 0 bridgehead atoms. The van der Waals surface area contributed by atoms with Gasteiger partial charge in [-0.25, -0.2) is 4.39 Å². The van der Waals surface area contributed by atoms with Crippen LogP contribution in [0.5, 0.6) is 0 Å². The van der Waals surface area contributed by atoms with Gasteiger partial charge in [0.2, 0.25) is 0 Å². The quantitative estimate of drug-likeness (QED) is 0.784. The monoisotopic (exact) mass is 265 g/mol. The summed E-state index contributed by atoms with van der Waals surface area (Å²) in [5.74, 6) is -0.459. The SMILES string of the molecule is CCOC1CCN(c2ccc(F)cc2C(C)=O)CC1. The maximum absolute atomic E-state index is 13.2. The van der Waals surface area contributed by atoms with Crippen LogP contribution < -0.4 is 4.90 Å². The van der Waals surface area contributed by atoms with Gasteiger partial charge in [-0.3, -0.25) is 4.79 Å². The van der Waals surface area contributed by atoms with Crippen molar-refractivity contribution < 1.29 is 13.9 Å². The number of carbonyl (C=O) groups is 1. The molecule has 0 aliphatic carbocycles. The molecule has 0 radical (unpaired) electrons. The van der Waals surface area contributed by atoms with Crippen molar-refractivity contribution in [2.24, 2.45) is 0 Å². The molecular formula is C15H20FNO2. The van der Waals surface area contributed by atoms with Crippen LogP contribution in [0.15, 0.2) is 18.2 Å². The fourth-order valence-corrected chi connectivity index (χ4v) is 2.57. The normalized spacial score (nSPS) is 16.7. The number of Topliss-reactive ketones (excluding diaryl/α,β-unsaturated/α-hetero) is 1. The second-order valence-electron chi connectivity index (χ2n) is 4.86. The van der Waals surface area contributed by atoms with Crippen molar-refractivity contribution in [2.45, 2.75) is 32.8 Å². The lowest BCUT2D eigenvalue weighted by Crippen LogP contribution is -2.37. The zero-order valence-electron chi connectivity index (χ0n) is 11.5. The summed E-state index contributed by atoms with van der Waals surface area (Å²) >= 11 is 0. The average molecular weight is 265 g/mol. The summed E-state index contributed by atoms with van der Waals surface area (Å²) in [6, 6.07) is 4.44. The first-order valence-electron chi connectivity index (χ1n) is 6.79. The average Bonchev–Trinajstić information content (AvgIpc) is 2.40. The maximum Gasteiger partial charge on any atom is 0.161 e. The maximum atomic E-state index is 13.2. The van der Waals surface area contributed by atoms with E-state index >= 15 is 0 Å². The molecule has 1 fully saturated rings. The van der Waals surface area contributed by atoms with Crippen molar-refractivity contribution in [2.75, 3.05) is 24.6 Å². The summed E-state index contributed by atoms with van der Waals surface area (Å²) in [5, 5.41) is 0. The van der Waals surface area contributed by atoms with Crippen LogP contribution in [0.25, 0.3) is 0 Å². The predicted octanol–water partition coefficient (Wildman–Crippen LogP) is 3.03. The first kappa shape index (κ1) is 14.0. The van der Waals surface area contributed by atoms with Gasteiger partial charge in [0.1, 0.15) is 5.82 Å². The van der Waals surface area contributed by atoms with Gasteiger partial charge in [-0.15, -0.1) is 0 Å². The Labute approximate surface area is 113 Å². The number of rotatable bonds is 4. The third kappa shape index (κ3) is 3.32. The van der Waals surface area contributed by atoms with Gasteiger partial charge < -0.3 is 9.64 Å². The number of hydrogen-bond acceptors (Lipinski definition) is 3. The van der Waals surface area contributed by atoms with Crippen LogP contribution in [-0.4, -0.2) is 31.6 Å². The van der Waals surface area contributed by atoms with E-state index in [0.29, 0.717) is 11.7 Å². The number of carbonyl (C=O) groups excluding carboxylic acids is 1. The van der Waals surface area contributed by atoms with E-state index in [1.807, 2.05) is 6.92 Å². The molecule has 1 heterocycles. The van der Waals surface area contributed by atoms with E-state index in [0.717, 1.165) is 38.2 Å². The van der Waals surface area contributed by atoms with Crippen molar-refractivity contribution in [1.82, 2.24) is 0 Å². The number of ketones is 1. The van der Waals surface area contributed by atoms with Crippen LogP contribution in [0.2, 0.25) is 0 Å². The molecule has 0 unspecified atom stereocenters. The topological polar surface area (TPSA) is 29.5 Å². The van der Waals surface area contributed by atoms with Crippen molar-refractivity contribution in [3.63, 3.8) is 0 Å². The van der Waals surface area contributed by atoms with Gasteiger partial charge >= 0.3 is 0 Å². The fourth-order valence-electron chi connectivity index (χ4n) is 2.57. The lowest BCUT2D eigenvalue weighted by Gasteiger charge is -2.34. The minimum atomic E-state index is -0.363. The van der Waals surface area contributed by atoms with E-state index in [4.69, 9.17) is 4.74 Å². The molecule has 4 heteroatoms. The van der Waals surface area contributed by atoms with E-state index in [1.165, 1.54) is 19.1 Å². The zero-order valence-corrected chi connectivity index (χ0v) is 11.5. The third-order valence-electron chi connectivity index (χ3n) is 3.52. The molecule has 0 atom stereocenters. The molecule has 1 saturated heterocycles. The van der Waals surface area contributed by atoms with E-state index in [1.54, 1.807) is 6.07 Å². The van der Waals surface area contributed by atoms with Gasteiger partial charge in [0.25, 0.3) is 0 Å². The van der Waals surface area contributed by atoms with Crippen LogP contribution in [0.4, 0.5) is 10.1 Å². The standard InChI is InChI=1S/C15H20FNO2/c1-3-19-13-6-8-17(9-7-13)15-5-4-12(16)10-14(15)11(2)18/h4-5,10,13H,3,6-9H2,1-2H3. The highest BCUT2D eigenvalue weighted by atomic mass is 19.1. The molecule has 1 aromatic rings. The molecule has 0 amide bonds. The van der Waals surface area contributed by atoms with Gasteiger partial charge in [0, 0.05) is 30.9 Å². The highest BCUT2D eigenvalue weighted by molar-refractivity contribution is 5.99. The number of halogens is 1. The van der Waals surface area contributed by atoms with E-state index in [9.17, 15) is 9.18 Å². The van der Waals surface area contributed by atoms with Crippen LogP contribution in [-0.2, 0) is 4.74 Å².